The van der Waals surface area contributed by atoms with Gasteiger partial charge in [-0.15, -0.1) is 0 Å². The van der Waals surface area contributed by atoms with Crippen LogP contribution in [0.15, 0.2) is 78.9 Å². The minimum Gasteiger partial charge on any atom is -0.507 e. The predicted molar refractivity (Wildman–Crippen MR) is 213 cm³/mol. The zero-order chi connectivity index (χ0) is 38.8. The number of fused-ring (bicyclic) bond motifs is 2. The van der Waals surface area contributed by atoms with Crippen molar-refractivity contribution in [2.24, 2.45) is 5.73 Å². The van der Waals surface area contributed by atoms with E-state index in [1.807, 2.05) is 76.2 Å². The highest BCUT2D eigenvalue weighted by atomic mass is 19.1. The Morgan fingerprint density at radius 1 is 0.800 bits per heavy atom. The molecule has 2 atom stereocenters. The van der Waals surface area contributed by atoms with E-state index in [4.69, 9.17) is 20.4 Å². The van der Waals surface area contributed by atoms with Crippen LogP contribution < -0.4 is 20.9 Å². The summed E-state index contributed by atoms with van der Waals surface area (Å²) in [7, 11) is 0. The lowest BCUT2D eigenvalue weighted by atomic mass is 10.1. The molecule has 5 N–H and O–H groups in total. The molecule has 0 saturated carbocycles. The minimum absolute atomic E-state index is 0.0136. The highest BCUT2D eigenvalue weighted by Crippen LogP contribution is 2.35. The van der Waals surface area contributed by atoms with Crippen LogP contribution >= 0.6 is 0 Å². The number of aromatic nitrogens is 4. The van der Waals surface area contributed by atoms with Crippen LogP contribution in [-0.4, -0.2) is 80.6 Å². The Labute approximate surface area is 318 Å². The van der Waals surface area contributed by atoms with E-state index in [0.717, 1.165) is 70.5 Å². The molecule has 6 aromatic rings. The average Bonchev–Trinajstić information content (AvgIpc) is 3.79. The van der Waals surface area contributed by atoms with Gasteiger partial charge >= 0.3 is 6.09 Å². The van der Waals surface area contributed by atoms with E-state index in [1.54, 1.807) is 12.1 Å². The second kappa shape index (κ2) is 15.7. The highest BCUT2D eigenvalue weighted by Gasteiger charge is 2.28. The van der Waals surface area contributed by atoms with E-state index in [-0.39, 0.29) is 41.1 Å². The number of phenolic OH excluding ortho intramolecular Hbond substituents is 2. The fourth-order valence-corrected chi connectivity index (χ4v) is 7.02. The highest BCUT2D eigenvalue weighted by molar-refractivity contribution is 5.93. The first-order valence-electron chi connectivity index (χ1n) is 18.5. The number of aryl methyl sites for hydroxylation is 2. The zero-order valence-electron chi connectivity index (χ0n) is 31.3. The summed E-state index contributed by atoms with van der Waals surface area (Å²) in [5.41, 5.74) is 10.4. The molecule has 2 saturated heterocycles. The Bertz CT molecular complexity index is 2350. The number of nitrogens with two attached hydrogens (primary N) is 1. The molecule has 0 unspecified atom stereocenters. The van der Waals surface area contributed by atoms with E-state index in [2.05, 4.69) is 25.1 Å². The molecule has 284 valence electrons. The van der Waals surface area contributed by atoms with Gasteiger partial charge in [-0.05, 0) is 100 Å². The van der Waals surface area contributed by atoms with Crippen molar-refractivity contribution in [3.8, 4) is 34.3 Å². The molecule has 2 aromatic heterocycles. The third-order valence-electron chi connectivity index (χ3n) is 9.70. The second-order valence-corrected chi connectivity index (χ2v) is 14.5. The average molecular weight is 745 g/mol. The molecule has 8 rings (SSSR count). The van der Waals surface area contributed by atoms with Crippen LogP contribution in [0.2, 0.25) is 0 Å². The number of carbonyl (C=O) groups excluding carboxylic acids is 1. The van der Waals surface area contributed by atoms with Crippen molar-refractivity contribution < 1.29 is 24.1 Å². The number of phenols is 2. The van der Waals surface area contributed by atoms with Crippen LogP contribution in [0.3, 0.4) is 0 Å². The van der Waals surface area contributed by atoms with E-state index in [0.29, 0.717) is 24.5 Å². The maximum absolute atomic E-state index is 14.3. The summed E-state index contributed by atoms with van der Waals surface area (Å²) in [5, 5.41) is 25.2. The molecule has 12 nitrogen and oxygen atoms in total. The van der Waals surface area contributed by atoms with Crippen molar-refractivity contribution in [2.75, 3.05) is 36.0 Å². The number of carbonyl (C=O) groups is 1. The van der Waals surface area contributed by atoms with E-state index in [1.165, 1.54) is 18.2 Å². The number of para-hydroxylation sites is 1. The Hall–Kier alpha value is -6.08. The quantitative estimate of drug-likeness (QED) is 0.139. The zero-order valence-corrected chi connectivity index (χ0v) is 31.3. The maximum atomic E-state index is 14.3. The number of rotatable bonds is 6. The molecule has 1 amide bonds. The first kappa shape index (κ1) is 37.2. The SMILES string of the molecule is Cc1ccc2c(N3CC[C@@H](N)C3)nc(-c3c(O)cccc3F)nc2c1.Cc1ccc2c(N3CC[C@@H](NC(=O)OC(C)C)C3)nc(-c3ccccc3O)nc2c1. The topological polar surface area (TPSA) is 163 Å². The standard InChI is InChI=1S/C23H26N4O3.C19H19FN4O/c1-14(2)30-23(29)24-16-10-11-27(13-16)22-17-9-8-15(3)12-19(17)25-21(26-22)18-6-4-5-7-20(18)28;1-11-5-6-13-15(9-11)22-18(17-14(20)3-2-4-16(17)25)23-19(13)24-8-7-12(21)10-24/h4-9,12,14,16,28H,10-11,13H2,1-3H3,(H,24,29);2-6,9,12,25H,7-8,10,21H2,1H3/t16-;12-/m11/s1. The first-order valence-corrected chi connectivity index (χ1v) is 18.5. The molecule has 2 aliphatic rings. The van der Waals surface area contributed by atoms with Crippen molar-refractivity contribution in [2.45, 2.75) is 58.7 Å². The van der Waals surface area contributed by atoms with Crippen LogP contribution in [-0.2, 0) is 4.74 Å². The number of nitrogens with one attached hydrogen (secondary N) is 1. The van der Waals surface area contributed by atoms with Gasteiger partial charge in [0.2, 0.25) is 0 Å². The lowest BCUT2D eigenvalue weighted by molar-refractivity contribution is 0.113. The normalized spacial score (nSPS) is 16.8. The van der Waals surface area contributed by atoms with Crippen molar-refractivity contribution in [3.63, 3.8) is 0 Å². The Balaban J connectivity index is 0.000000172. The van der Waals surface area contributed by atoms with Gasteiger partial charge in [0.25, 0.3) is 0 Å². The number of amides is 1. The number of alkyl carbamates (subject to hydrolysis) is 1. The van der Waals surface area contributed by atoms with Gasteiger partial charge in [0.1, 0.15) is 29.0 Å². The number of halogens is 1. The fraction of sp³-hybridized carbons (Fsp3) is 0.310. The summed E-state index contributed by atoms with van der Waals surface area (Å²) >= 11 is 0. The molecule has 55 heavy (non-hydrogen) atoms. The number of ether oxygens (including phenoxy) is 1. The van der Waals surface area contributed by atoms with Gasteiger partial charge < -0.3 is 35.8 Å². The fourth-order valence-electron chi connectivity index (χ4n) is 7.02. The van der Waals surface area contributed by atoms with Gasteiger partial charge in [-0.3, -0.25) is 0 Å². The summed E-state index contributed by atoms with van der Waals surface area (Å²) < 4.78 is 19.5. The van der Waals surface area contributed by atoms with E-state index in [9.17, 15) is 19.4 Å². The number of anilines is 2. The third-order valence-corrected chi connectivity index (χ3v) is 9.70. The Morgan fingerprint density at radius 3 is 2.02 bits per heavy atom. The van der Waals surface area contributed by atoms with Gasteiger partial charge in [-0.25, -0.2) is 29.1 Å². The molecule has 2 fully saturated rings. The predicted octanol–water partition coefficient (Wildman–Crippen LogP) is 7.01. The lowest BCUT2D eigenvalue weighted by Crippen LogP contribution is -2.38. The van der Waals surface area contributed by atoms with Gasteiger partial charge in [0, 0.05) is 43.0 Å². The largest absolute Gasteiger partial charge is 0.507 e. The second-order valence-electron chi connectivity index (χ2n) is 14.5. The summed E-state index contributed by atoms with van der Waals surface area (Å²) in [6.45, 7) is 10.5. The van der Waals surface area contributed by atoms with Gasteiger partial charge in [0.05, 0.1) is 34.3 Å². The Morgan fingerprint density at radius 2 is 1.40 bits per heavy atom. The van der Waals surface area contributed by atoms with Crippen molar-refractivity contribution in [1.82, 2.24) is 25.3 Å². The number of nitrogens with zero attached hydrogens (tertiary/aromatic N) is 6. The van der Waals surface area contributed by atoms with Crippen LogP contribution in [0.4, 0.5) is 20.8 Å². The van der Waals surface area contributed by atoms with Crippen LogP contribution in [0.1, 0.15) is 37.8 Å². The van der Waals surface area contributed by atoms with Gasteiger partial charge in [0.15, 0.2) is 11.6 Å². The number of benzene rings is 4. The van der Waals surface area contributed by atoms with Crippen LogP contribution in [0.25, 0.3) is 44.6 Å². The summed E-state index contributed by atoms with van der Waals surface area (Å²) in [6.07, 6.45) is 1.14. The molecule has 0 radical (unpaired) electrons. The number of hydrogen-bond acceptors (Lipinski definition) is 11. The molecule has 0 bridgehead atoms. The maximum Gasteiger partial charge on any atom is 0.407 e. The van der Waals surface area contributed by atoms with Crippen molar-refractivity contribution >= 4 is 39.5 Å². The smallest absolute Gasteiger partial charge is 0.407 e. The van der Waals surface area contributed by atoms with Crippen molar-refractivity contribution in [1.29, 1.82) is 0 Å². The molecule has 13 heteroatoms. The van der Waals surface area contributed by atoms with Crippen molar-refractivity contribution in [3.05, 3.63) is 95.8 Å². The Kier molecular flexibility index (Phi) is 10.6. The minimum atomic E-state index is -0.545. The van der Waals surface area contributed by atoms with E-state index < -0.39 is 11.9 Å². The monoisotopic (exact) mass is 744 g/mol. The molecule has 2 aliphatic heterocycles. The number of aromatic hydroxyl groups is 2. The van der Waals surface area contributed by atoms with E-state index >= 15 is 0 Å². The van der Waals surface area contributed by atoms with Gasteiger partial charge in [-0.1, -0.05) is 30.3 Å². The lowest BCUT2D eigenvalue weighted by Gasteiger charge is -2.21. The van der Waals surface area contributed by atoms with Gasteiger partial charge in [-0.2, -0.15) is 0 Å². The molecular weight excluding hydrogens is 700 g/mol. The van der Waals surface area contributed by atoms with Crippen LogP contribution in [0, 0.1) is 19.7 Å². The summed E-state index contributed by atoms with van der Waals surface area (Å²) in [5.74, 6) is 1.64. The third kappa shape index (κ3) is 8.21. The first-order chi connectivity index (χ1) is 26.4. The molecule has 4 aromatic carbocycles. The molecule has 0 aliphatic carbocycles. The molecular formula is C42H45FN8O4. The van der Waals surface area contributed by atoms with Crippen LogP contribution in [0.5, 0.6) is 11.5 Å². The summed E-state index contributed by atoms with van der Waals surface area (Å²) in [4.78, 5) is 34.9. The summed E-state index contributed by atoms with van der Waals surface area (Å²) in [6, 6.07) is 23.4. The molecule has 0 spiro atoms. The molecule has 4 heterocycles. The number of hydrogen-bond donors (Lipinski definition) is 4.